The van der Waals surface area contributed by atoms with Crippen LogP contribution in [-0.2, 0) is 16.1 Å². The number of nitrogens with one attached hydrogen (secondary N) is 1. The zero-order valence-electron chi connectivity index (χ0n) is 17.5. The Bertz CT molecular complexity index is 1130. The zero-order valence-corrected chi connectivity index (χ0v) is 17.5. The average Bonchev–Trinajstić information content (AvgIpc) is 2.83. The zero-order chi connectivity index (χ0) is 22.2. The molecule has 2 aromatic carbocycles. The fourth-order valence-electron chi connectivity index (χ4n) is 3.65. The van der Waals surface area contributed by atoms with Gasteiger partial charge in [-0.2, -0.15) is 0 Å². The number of carboxylic acids is 1. The van der Waals surface area contributed by atoms with Gasteiger partial charge in [-0.15, -0.1) is 0 Å². The summed E-state index contributed by atoms with van der Waals surface area (Å²) in [4.78, 5) is 21.0. The molecule has 0 bridgehead atoms. The molecule has 32 heavy (non-hydrogen) atoms. The molecular weight excluding hydrogens is 404 g/mol. The second kappa shape index (κ2) is 10.4. The summed E-state index contributed by atoms with van der Waals surface area (Å²) in [6.07, 6.45) is 9.32. The van der Waals surface area contributed by atoms with Gasteiger partial charge >= 0.3 is 5.97 Å². The fraction of sp³-hybridized carbons (Fsp3) is 0.154. The van der Waals surface area contributed by atoms with Gasteiger partial charge in [0.15, 0.2) is 6.61 Å². The van der Waals surface area contributed by atoms with E-state index < -0.39 is 5.97 Å². The van der Waals surface area contributed by atoms with Crippen molar-refractivity contribution >= 4 is 23.3 Å². The van der Waals surface area contributed by atoms with E-state index in [0.717, 1.165) is 46.4 Å². The lowest BCUT2D eigenvalue weighted by molar-refractivity contribution is -0.139. The van der Waals surface area contributed by atoms with Crippen LogP contribution in [0.1, 0.15) is 28.7 Å². The van der Waals surface area contributed by atoms with E-state index >= 15 is 0 Å². The lowest BCUT2D eigenvalue weighted by atomic mass is 9.90. The number of rotatable bonds is 9. The number of aromatic nitrogens is 1. The Balaban J connectivity index is 1.48. The van der Waals surface area contributed by atoms with Crippen molar-refractivity contribution in [3.63, 3.8) is 0 Å². The molecule has 0 atom stereocenters. The second-order valence-electron chi connectivity index (χ2n) is 7.33. The first-order valence-electron chi connectivity index (χ1n) is 10.4. The highest BCUT2D eigenvalue weighted by Crippen LogP contribution is 2.33. The standard InChI is InChI=1S/C26H24N2O4/c29-26(30)18-31-25-13-5-11-22-21(10-4-12-23(22)25)17-32-28-24(20-8-2-1-3-9-20)15-19-7-6-14-27-16-19/h1-3,5-11,13-16,28H,4,12,17-18H2,(H,29,30). The van der Waals surface area contributed by atoms with Crippen LogP contribution in [0.15, 0.2) is 79.1 Å². The minimum absolute atomic E-state index is 0.354. The highest BCUT2D eigenvalue weighted by atomic mass is 16.6. The predicted octanol–water partition coefficient (Wildman–Crippen LogP) is 4.59. The molecule has 0 unspecified atom stereocenters. The molecule has 0 aliphatic heterocycles. The quantitative estimate of drug-likeness (QED) is 0.485. The van der Waals surface area contributed by atoms with Gasteiger partial charge in [0.2, 0.25) is 0 Å². The molecule has 6 nitrogen and oxygen atoms in total. The van der Waals surface area contributed by atoms with Crippen LogP contribution in [0, 0.1) is 0 Å². The van der Waals surface area contributed by atoms with E-state index in [2.05, 4.69) is 16.5 Å². The Labute approximate surface area is 186 Å². The van der Waals surface area contributed by atoms with Gasteiger partial charge in [0.05, 0.1) is 12.3 Å². The molecule has 6 heteroatoms. The number of carbonyl (C=O) groups is 1. The molecule has 1 aliphatic rings. The third-order valence-electron chi connectivity index (χ3n) is 5.11. The van der Waals surface area contributed by atoms with E-state index in [4.69, 9.17) is 14.7 Å². The number of allylic oxidation sites excluding steroid dienone is 1. The molecule has 1 heterocycles. The number of pyridine rings is 1. The summed E-state index contributed by atoms with van der Waals surface area (Å²) >= 11 is 0. The van der Waals surface area contributed by atoms with Crippen molar-refractivity contribution in [1.29, 1.82) is 0 Å². The van der Waals surface area contributed by atoms with E-state index in [1.807, 2.05) is 66.7 Å². The Morgan fingerprint density at radius 3 is 2.75 bits per heavy atom. The van der Waals surface area contributed by atoms with Crippen molar-refractivity contribution in [3.05, 3.63) is 101 Å². The summed E-state index contributed by atoms with van der Waals surface area (Å²) in [6.45, 7) is -0.000271. The largest absolute Gasteiger partial charge is 0.482 e. The molecule has 162 valence electrons. The van der Waals surface area contributed by atoms with Crippen molar-refractivity contribution in [2.45, 2.75) is 12.8 Å². The molecule has 0 saturated carbocycles. The summed E-state index contributed by atoms with van der Waals surface area (Å²) in [6, 6.07) is 19.5. The number of hydrogen-bond donors (Lipinski definition) is 2. The van der Waals surface area contributed by atoms with E-state index in [9.17, 15) is 4.79 Å². The van der Waals surface area contributed by atoms with Gasteiger partial charge in [0.1, 0.15) is 5.75 Å². The molecule has 0 spiro atoms. The lowest BCUT2D eigenvalue weighted by Crippen LogP contribution is -2.17. The lowest BCUT2D eigenvalue weighted by Gasteiger charge is -2.21. The number of carboxylic acid groups (broad SMARTS) is 1. The highest BCUT2D eigenvalue weighted by molar-refractivity contribution is 5.79. The van der Waals surface area contributed by atoms with E-state index in [-0.39, 0.29) is 6.61 Å². The van der Waals surface area contributed by atoms with E-state index in [1.165, 1.54) is 0 Å². The normalized spacial score (nSPS) is 13.1. The van der Waals surface area contributed by atoms with Gasteiger partial charge in [-0.3, -0.25) is 15.3 Å². The van der Waals surface area contributed by atoms with Crippen molar-refractivity contribution in [3.8, 4) is 5.75 Å². The number of hydroxylamine groups is 1. The number of benzene rings is 2. The summed E-state index contributed by atoms with van der Waals surface area (Å²) in [7, 11) is 0. The maximum atomic E-state index is 10.9. The smallest absolute Gasteiger partial charge is 0.341 e. The fourth-order valence-corrected chi connectivity index (χ4v) is 3.65. The number of fused-ring (bicyclic) bond motifs is 1. The minimum Gasteiger partial charge on any atom is -0.482 e. The Hall–Kier alpha value is -3.90. The Morgan fingerprint density at radius 1 is 1.09 bits per heavy atom. The van der Waals surface area contributed by atoms with Crippen molar-refractivity contribution in [2.75, 3.05) is 13.2 Å². The second-order valence-corrected chi connectivity index (χ2v) is 7.33. The molecule has 0 amide bonds. The average molecular weight is 428 g/mol. The van der Waals surface area contributed by atoms with Gasteiger partial charge < -0.3 is 9.84 Å². The van der Waals surface area contributed by atoms with Gasteiger partial charge in [0.25, 0.3) is 0 Å². The molecule has 0 fully saturated rings. The summed E-state index contributed by atoms with van der Waals surface area (Å²) in [5, 5.41) is 8.92. The molecule has 2 N–H and O–H groups in total. The number of hydrogen-bond acceptors (Lipinski definition) is 5. The third-order valence-corrected chi connectivity index (χ3v) is 5.11. The third kappa shape index (κ3) is 5.42. The van der Waals surface area contributed by atoms with Gasteiger partial charge in [-0.05, 0) is 53.3 Å². The molecular formula is C26H24N2O4. The maximum Gasteiger partial charge on any atom is 0.341 e. The topological polar surface area (TPSA) is 80.7 Å². The molecule has 0 saturated heterocycles. The molecule has 0 radical (unpaired) electrons. The molecule has 3 aromatic rings. The van der Waals surface area contributed by atoms with Crippen LogP contribution in [0.3, 0.4) is 0 Å². The van der Waals surface area contributed by atoms with Crippen LogP contribution >= 0.6 is 0 Å². The molecule has 4 rings (SSSR count). The number of ether oxygens (including phenoxy) is 1. The Kier molecular flexibility index (Phi) is 6.94. The SMILES string of the molecule is O=C(O)COc1cccc2c1CCC=C2CONC(=Cc1cccnc1)c1ccccc1. The monoisotopic (exact) mass is 428 g/mol. The predicted molar refractivity (Wildman–Crippen MR) is 124 cm³/mol. The van der Waals surface area contributed by atoms with Crippen molar-refractivity contribution in [2.24, 2.45) is 0 Å². The number of aliphatic carboxylic acids is 1. The summed E-state index contributed by atoms with van der Waals surface area (Å²) in [5.41, 5.74) is 8.97. The number of nitrogens with zero attached hydrogens (tertiary/aromatic N) is 1. The van der Waals surface area contributed by atoms with Crippen LogP contribution in [0.2, 0.25) is 0 Å². The van der Waals surface area contributed by atoms with E-state index in [1.54, 1.807) is 12.4 Å². The van der Waals surface area contributed by atoms with E-state index in [0.29, 0.717) is 12.4 Å². The van der Waals surface area contributed by atoms with Crippen molar-refractivity contribution < 1.29 is 19.5 Å². The van der Waals surface area contributed by atoms with Gasteiger partial charge in [-0.25, -0.2) is 4.79 Å². The molecule has 1 aliphatic carbocycles. The first kappa shape index (κ1) is 21.3. The highest BCUT2D eigenvalue weighted by Gasteiger charge is 2.17. The van der Waals surface area contributed by atoms with Crippen LogP contribution in [-0.4, -0.2) is 29.3 Å². The minimum atomic E-state index is -0.990. The maximum absolute atomic E-state index is 10.9. The Morgan fingerprint density at radius 2 is 1.97 bits per heavy atom. The van der Waals surface area contributed by atoms with Crippen LogP contribution < -0.4 is 10.2 Å². The van der Waals surface area contributed by atoms with Gasteiger partial charge in [0, 0.05) is 18.0 Å². The van der Waals surface area contributed by atoms with Gasteiger partial charge in [-0.1, -0.05) is 54.6 Å². The summed E-state index contributed by atoms with van der Waals surface area (Å²) < 4.78 is 5.48. The van der Waals surface area contributed by atoms with Crippen LogP contribution in [0.25, 0.3) is 17.3 Å². The first-order valence-corrected chi connectivity index (χ1v) is 10.4. The first-order chi connectivity index (χ1) is 15.7. The van der Waals surface area contributed by atoms with Crippen LogP contribution in [0.5, 0.6) is 5.75 Å². The van der Waals surface area contributed by atoms with Crippen LogP contribution in [0.4, 0.5) is 0 Å². The molecule has 1 aromatic heterocycles. The summed E-state index contributed by atoms with van der Waals surface area (Å²) in [5.74, 6) is -0.375. The van der Waals surface area contributed by atoms with Crippen molar-refractivity contribution in [1.82, 2.24) is 10.5 Å².